The molecule has 0 saturated heterocycles. The minimum atomic E-state index is -0.381. The molecular formula is C13H16O2. The lowest BCUT2D eigenvalue weighted by molar-refractivity contribution is 0.134. The monoisotopic (exact) mass is 204 g/mol. The van der Waals surface area contributed by atoms with Crippen molar-refractivity contribution in [2.45, 2.75) is 32.2 Å². The fraction of sp³-hybridized carbons (Fsp3) is 0.385. The lowest BCUT2D eigenvalue weighted by atomic mass is 10.00. The van der Waals surface area contributed by atoms with Crippen LogP contribution in [0.15, 0.2) is 30.9 Å². The van der Waals surface area contributed by atoms with E-state index in [0.717, 1.165) is 18.4 Å². The van der Waals surface area contributed by atoms with Crippen LogP contribution in [0, 0.1) is 0 Å². The van der Waals surface area contributed by atoms with Gasteiger partial charge in [-0.05, 0) is 29.5 Å². The Kier molecular flexibility index (Phi) is 3.19. The van der Waals surface area contributed by atoms with Crippen molar-refractivity contribution in [2.75, 3.05) is 0 Å². The van der Waals surface area contributed by atoms with Gasteiger partial charge in [0, 0.05) is 0 Å². The lowest BCUT2D eigenvalue weighted by Crippen LogP contribution is -1.98. The van der Waals surface area contributed by atoms with Gasteiger partial charge in [0.05, 0.1) is 19.3 Å². The summed E-state index contributed by atoms with van der Waals surface area (Å²) in [6.07, 6.45) is 3.03. The molecule has 1 atom stereocenters. The first kappa shape index (κ1) is 10.4. The summed E-state index contributed by atoms with van der Waals surface area (Å²) >= 11 is 0. The Bertz CT molecular complexity index is 358. The molecule has 0 bridgehead atoms. The summed E-state index contributed by atoms with van der Waals surface area (Å²) in [4.78, 5) is 0. The molecule has 1 unspecified atom stereocenters. The van der Waals surface area contributed by atoms with Crippen molar-refractivity contribution >= 4 is 0 Å². The molecule has 1 aliphatic rings. The second-order valence-electron chi connectivity index (χ2n) is 3.90. The summed E-state index contributed by atoms with van der Waals surface area (Å²) in [5.41, 5.74) is 3.45. The van der Waals surface area contributed by atoms with Gasteiger partial charge in [-0.2, -0.15) is 0 Å². The van der Waals surface area contributed by atoms with Crippen LogP contribution in [0.5, 0.6) is 0 Å². The second kappa shape index (κ2) is 4.60. The highest BCUT2D eigenvalue weighted by Gasteiger charge is 2.14. The second-order valence-corrected chi connectivity index (χ2v) is 3.90. The highest BCUT2D eigenvalue weighted by Crippen LogP contribution is 2.25. The summed E-state index contributed by atoms with van der Waals surface area (Å²) < 4.78 is 5.33. The lowest BCUT2D eigenvalue weighted by Gasteiger charge is -2.10. The van der Waals surface area contributed by atoms with Crippen molar-refractivity contribution < 1.29 is 9.84 Å². The van der Waals surface area contributed by atoms with E-state index in [1.165, 1.54) is 11.1 Å². The molecule has 0 spiro atoms. The van der Waals surface area contributed by atoms with E-state index in [1.807, 2.05) is 12.1 Å². The van der Waals surface area contributed by atoms with Crippen molar-refractivity contribution in [2.24, 2.45) is 0 Å². The van der Waals surface area contributed by atoms with Gasteiger partial charge in [-0.25, -0.2) is 0 Å². The van der Waals surface area contributed by atoms with Crippen molar-refractivity contribution in [3.05, 3.63) is 47.5 Å². The first-order valence-electron chi connectivity index (χ1n) is 5.29. The third-order valence-corrected chi connectivity index (χ3v) is 2.77. The number of ether oxygens (including phenoxy) is 1. The van der Waals surface area contributed by atoms with Crippen LogP contribution in [0.4, 0.5) is 0 Å². The molecule has 1 heterocycles. The Hall–Kier alpha value is -1.12. The van der Waals surface area contributed by atoms with E-state index in [-0.39, 0.29) is 6.10 Å². The zero-order chi connectivity index (χ0) is 10.7. The number of benzene rings is 1. The van der Waals surface area contributed by atoms with Gasteiger partial charge >= 0.3 is 0 Å². The van der Waals surface area contributed by atoms with Crippen LogP contribution in [-0.4, -0.2) is 5.11 Å². The summed E-state index contributed by atoms with van der Waals surface area (Å²) in [6, 6.07) is 6.09. The molecule has 1 aliphatic heterocycles. The zero-order valence-corrected chi connectivity index (χ0v) is 8.78. The number of rotatable bonds is 4. The summed E-state index contributed by atoms with van der Waals surface area (Å²) in [5, 5.41) is 9.89. The number of aliphatic hydroxyl groups is 1. The summed E-state index contributed by atoms with van der Waals surface area (Å²) in [6.45, 7) is 5.04. The standard InChI is InChI=1S/C13H16O2/c1-2-3-4-13(14)10-5-6-11-8-15-9-12(11)7-10/h2,5-7,13-14H,1,3-4,8-9H2. The molecule has 15 heavy (non-hydrogen) atoms. The van der Waals surface area contributed by atoms with E-state index in [9.17, 15) is 5.11 Å². The molecule has 2 nitrogen and oxygen atoms in total. The van der Waals surface area contributed by atoms with Gasteiger partial charge in [0.25, 0.3) is 0 Å². The van der Waals surface area contributed by atoms with Gasteiger partial charge in [0.15, 0.2) is 0 Å². The SMILES string of the molecule is C=CCCC(O)c1ccc2c(c1)COC2. The average molecular weight is 204 g/mol. The molecule has 80 valence electrons. The number of hydrogen-bond acceptors (Lipinski definition) is 2. The number of fused-ring (bicyclic) bond motifs is 1. The molecule has 0 radical (unpaired) electrons. The third-order valence-electron chi connectivity index (χ3n) is 2.77. The first-order chi connectivity index (χ1) is 7.31. The molecule has 0 aromatic heterocycles. The first-order valence-corrected chi connectivity index (χ1v) is 5.29. The Balaban J connectivity index is 2.11. The minimum Gasteiger partial charge on any atom is -0.388 e. The molecule has 2 heteroatoms. The fourth-order valence-electron chi connectivity index (χ4n) is 1.84. The van der Waals surface area contributed by atoms with Crippen LogP contribution in [0.3, 0.4) is 0 Å². The summed E-state index contributed by atoms with van der Waals surface area (Å²) in [7, 11) is 0. The largest absolute Gasteiger partial charge is 0.388 e. The smallest absolute Gasteiger partial charge is 0.0793 e. The topological polar surface area (TPSA) is 29.5 Å². The normalized spacial score (nSPS) is 16.1. The van der Waals surface area contributed by atoms with E-state index in [0.29, 0.717) is 13.2 Å². The van der Waals surface area contributed by atoms with Gasteiger partial charge < -0.3 is 9.84 Å². The predicted molar refractivity (Wildman–Crippen MR) is 59.3 cm³/mol. The highest BCUT2D eigenvalue weighted by atomic mass is 16.5. The van der Waals surface area contributed by atoms with Crippen LogP contribution in [0.1, 0.15) is 35.6 Å². The zero-order valence-electron chi connectivity index (χ0n) is 8.78. The van der Waals surface area contributed by atoms with Gasteiger partial charge in [-0.1, -0.05) is 24.3 Å². The number of allylic oxidation sites excluding steroid dienone is 1. The Morgan fingerprint density at radius 3 is 3.00 bits per heavy atom. The number of hydrogen-bond donors (Lipinski definition) is 1. The Morgan fingerprint density at radius 2 is 2.20 bits per heavy atom. The average Bonchev–Trinajstić information content (AvgIpc) is 2.72. The van der Waals surface area contributed by atoms with Crippen LogP contribution >= 0.6 is 0 Å². The molecule has 0 fully saturated rings. The van der Waals surface area contributed by atoms with E-state index >= 15 is 0 Å². The summed E-state index contributed by atoms with van der Waals surface area (Å²) in [5.74, 6) is 0. The minimum absolute atomic E-state index is 0.381. The van der Waals surface area contributed by atoms with Crippen molar-refractivity contribution in [3.8, 4) is 0 Å². The van der Waals surface area contributed by atoms with E-state index in [4.69, 9.17) is 4.74 Å². The van der Waals surface area contributed by atoms with Crippen LogP contribution in [0.25, 0.3) is 0 Å². The van der Waals surface area contributed by atoms with Gasteiger partial charge in [-0.15, -0.1) is 6.58 Å². The predicted octanol–water partition coefficient (Wildman–Crippen LogP) is 2.72. The molecule has 0 aliphatic carbocycles. The highest BCUT2D eigenvalue weighted by molar-refractivity contribution is 5.34. The number of aliphatic hydroxyl groups excluding tert-OH is 1. The molecule has 1 N–H and O–H groups in total. The van der Waals surface area contributed by atoms with Crippen LogP contribution in [-0.2, 0) is 18.0 Å². The van der Waals surface area contributed by atoms with Gasteiger partial charge in [0.1, 0.15) is 0 Å². The molecule has 0 amide bonds. The Labute approximate surface area is 90.2 Å². The van der Waals surface area contributed by atoms with Crippen molar-refractivity contribution in [3.63, 3.8) is 0 Å². The molecule has 2 rings (SSSR count). The van der Waals surface area contributed by atoms with Crippen molar-refractivity contribution in [1.29, 1.82) is 0 Å². The maximum Gasteiger partial charge on any atom is 0.0793 e. The quantitative estimate of drug-likeness (QED) is 0.764. The van der Waals surface area contributed by atoms with E-state index < -0.39 is 0 Å². The van der Waals surface area contributed by atoms with Gasteiger partial charge in [-0.3, -0.25) is 0 Å². The maximum atomic E-state index is 9.89. The van der Waals surface area contributed by atoms with Gasteiger partial charge in [0.2, 0.25) is 0 Å². The third kappa shape index (κ3) is 2.28. The molecule has 0 saturated carbocycles. The fourth-order valence-corrected chi connectivity index (χ4v) is 1.84. The van der Waals surface area contributed by atoms with E-state index in [1.54, 1.807) is 0 Å². The van der Waals surface area contributed by atoms with Crippen LogP contribution < -0.4 is 0 Å². The maximum absolute atomic E-state index is 9.89. The van der Waals surface area contributed by atoms with E-state index in [2.05, 4.69) is 18.7 Å². The molecular weight excluding hydrogens is 188 g/mol. The Morgan fingerprint density at radius 1 is 1.40 bits per heavy atom. The van der Waals surface area contributed by atoms with Crippen LogP contribution in [0.2, 0.25) is 0 Å². The molecule has 1 aromatic carbocycles. The van der Waals surface area contributed by atoms with Crippen molar-refractivity contribution in [1.82, 2.24) is 0 Å². The molecule has 1 aromatic rings.